The topological polar surface area (TPSA) is 151 Å². The summed E-state index contributed by atoms with van der Waals surface area (Å²) < 4.78 is 5.02. The molecule has 0 radical (unpaired) electrons. The van der Waals surface area contributed by atoms with Crippen molar-refractivity contribution >= 4 is 29.0 Å². The maximum absolute atomic E-state index is 12.5. The number of hydrogen-bond donors (Lipinski definition) is 4. The van der Waals surface area contributed by atoms with Gasteiger partial charge in [-0.1, -0.05) is 42.5 Å². The molecular weight excluding hydrogens is 416 g/mol. The first-order chi connectivity index (χ1) is 15.5. The lowest BCUT2D eigenvalue weighted by Crippen LogP contribution is -2.53. The number of alkyl carbamates (subject to hydrolysis) is 1. The number of hydrogen-bond acceptors (Lipinski definition) is 7. The number of aliphatic carboxylic acids is 1. The summed E-state index contributed by atoms with van der Waals surface area (Å²) in [5.41, 5.74) is 2.37. The summed E-state index contributed by atoms with van der Waals surface area (Å²) in [6, 6.07) is 13.3. The Balaban J connectivity index is 1.59. The maximum Gasteiger partial charge on any atom is 0.408 e. The highest BCUT2D eigenvalue weighted by Gasteiger charge is 2.27. The van der Waals surface area contributed by atoms with Gasteiger partial charge in [-0.2, -0.15) is 0 Å². The van der Waals surface area contributed by atoms with Gasteiger partial charge < -0.3 is 25.6 Å². The van der Waals surface area contributed by atoms with E-state index in [4.69, 9.17) is 4.74 Å². The normalized spacial score (nSPS) is 12.5. The second kappa shape index (κ2) is 10.8. The third kappa shape index (κ3) is 6.22. The third-order valence-corrected chi connectivity index (χ3v) is 4.53. The van der Waals surface area contributed by atoms with Crippen molar-refractivity contribution in [3.05, 3.63) is 72.1 Å². The highest BCUT2D eigenvalue weighted by Crippen LogP contribution is 2.10. The number of aliphatic hydroxyl groups excluding tert-OH is 1. The van der Waals surface area contributed by atoms with E-state index >= 15 is 0 Å². The maximum atomic E-state index is 12.5. The Kier molecular flexibility index (Phi) is 7.65. The number of fused-ring (bicyclic) bond motifs is 1. The molecule has 3 rings (SSSR count). The van der Waals surface area contributed by atoms with Crippen molar-refractivity contribution in [2.75, 3.05) is 6.61 Å². The van der Waals surface area contributed by atoms with Gasteiger partial charge >= 0.3 is 12.1 Å². The average molecular weight is 438 g/mol. The summed E-state index contributed by atoms with van der Waals surface area (Å²) in [6.07, 6.45) is 0.387. The summed E-state index contributed by atoms with van der Waals surface area (Å²) >= 11 is 0. The van der Waals surface area contributed by atoms with Gasteiger partial charge in [0.25, 0.3) is 0 Å². The van der Waals surface area contributed by atoms with Crippen LogP contribution in [0.15, 0.2) is 60.8 Å². The lowest BCUT2D eigenvalue weighted by molar-refractivity contribution is -0.142. The number of benzene rings is 2. The molecule has 0 unspecified atom stereocenters. The van der Waals surface area contributed by atoms with Gasteiger partial charge in [0.05, 0.1) is 23.3 Å². The van der Waals surface area contributed by atoms with Crippen LogP contribution in [0.1, 0.15) is 11.3 Å². The monoisotopic (exact) mass is 438 g/mol. The number of amides is 2. The highest BCUT2D eigenvalue weighted by atomic mass is 16.5. The number of para-hydroxylation sites is 2. The molecule has 10 nitrogen and oxygen atoms in total. The van der Waals surface area contributed by atoms with Crippen LogP contribution >= 0.6 is 0 Å². The second-order valence-corrected chi connectivity index (χ2v) is 6.89. The van der Waals surface area contributed by atoms with Crippen molar-refractivity contribution in [3.63, 3.8) is 0 Å². The Labute approximate surface area is 183 Å². The minimum absolute atomic E-state index is 0.0230. The molecule has 2 amide bonds. The molecule has 10 heteroatoms. The summed E-state index contributed by atoms with van der Waals surface area (Å²) in [5.74, 6) is -2.16. The van der Waals surface area contributed by atoms with Gasteiger partial charge in [-0.15, -0.1) is 0 Å². The first-order valence-corrected chi connectivity index (χ1v) is 9.78. The Bertz CT molecular complexity index is 1090. The predicted octanol–water partition coefficient (Wildman–Crippen LogP) is 1.03. The van der Waals surface area contributed by atoms with Crippen LogP contribution in [-0.4, -0.2) is 56.8 Å². The van der Waals surface area contributed by atoms with Crippen LogP contribution in [-0.2, 0) is 27.4 Å². The number of carboxylic acid groups (broad SMARTS) is 1. The molecule has 0 fully saturated rings. The van der Waals surface area contributed by atoms with Crippen molar-refractivity contribution in [2.45, 2.75) is 25.1 Å². The number of carbonyl (C=O) groups excluding carboxylic acids is 2. The van der Waals surface area contributed by atoms with Crippen LogP contribution in [0.4, 0.5) is 4.79 Å². The molecule has 0 saturated heterocycles. The van der Waals surface area contributed by atoms with Gasteiger partial charge in [0.15, 0.2) is 0 Å². The number of carboxylic acids is 1. The molecule has 1 aromatic heterocycles. The van der Waals surface area contributed by atoms with Crippen molar-refractivity contribution in [2.24, 2.45) is 0 Å². The zero-order valence-electron chi connectivity index (χ0n) is 17.0. The van der Waals surface area contributed by atoms with E-state index in [1.54, 1.807) is 42.5 Å². The highest BCUT2D eigenvalue weighted by molar-refractivity contribution is 5.89. The number of aromatic nitrogens is 2. The summed E-state index contributed by atoms with van der Waals surface area (Å²) in [5, 5.41) is 23.5. The van der Waals surface area contributed by atoms with Crippen molar-refractivity contribution in [3.8, 4) is 0 Å². The number of ether oxygens (including phenoxy) is 1. The number of rotatable bonds is 9. The number of aliphatic hydroxyl groups is 1. The molecule has 0 spiro atoms. The van der Waals surface area contributed by atoms with Gasteiger partial charge in [-0.3, -0.25) is 9.78 Å². The molecule has 1 heterocycles. The number of nitrogens with one attached hydrogen (secondary N) is 2. The average Bonchev–Trinajstić information content (AvgIpc) is 2.81. The van der Waals surface area contributed by atoms with Gasteiger partial charge in [0.2, 0.25) is 5.91 Å². The Hall–Kier alpha value is -4.05. The molecule has 0 aliphatic carbocycles. The molecule has 0 aliphatic heterocycles. The van der Waals surface area contributed by atoms with Gasteiger partial charge in [0.1, 0.15) is 18.7 Å². The van der Waals surface area contributed by atoms with Gasteiger partial charge in [0, 0.05) is 12.6 Å². The van der Waals surface area contributed by atoms with Gasteiger partial charge in [-0.25, -0.2) is 14.6 Å². The fourth-order valence-corrected chi connectivity index (χ4v) is 2.88. The van der Waals surface area contributed by atoms with Crippen molar-refractivity contribution in [1.82, 2.24) is 20.6 Å². The molecule has 0 bridgehead atoms. The molecule has 3 aromatic rings. The van der Waals surface area contributed by atoms with E-state index in [1.165, 1.54) is 6.20 Å². The van der Waals surface area contributed by atoms with Crippen LogP contribution in [0, 0.1) is 0 Å². The molecule has 32 heavy (non-hydrogen) atoms. The van der Waals surface area contributed by atoms with Gasteiger partial charge in [-0.05, 0) is 17.7 Å². The van der Waals surface area contributed by atoms with E-state index in [0.717, 1.165) is 5.56 Å². The minimum Gasteiger partial charge on any atom is -0.480 e. The molecule has 166 valence electrons. The fraction of sp³-hybridized carbons (Fsp3) is 0.227. The number of carbonyl (C=O) groups is 3. The Morgan fingerprint density at radius 2 is 1.62 bits per heavy atom. The predicted molar refractivity (Wildman–Crippen MR) is 113 cm³/mol. The second-order valence-electron chi connectivity index (χ2n) is 6.89. The van der Waals surface area contributed by atoms with E-state index in [9.17, 15) is 24.6 Å². The van der Waals surface area contributed by atoms with Crippen molar-refractivity contribution < 1.29 is 29.3 Å². The lowest BCUT2D eigenvalue weighted by Gasteiger charge is -2.19. The summed E-state index contributed by atoms with van der Waals surface area (Å²) in [4.78, 5) is 44.7. The largest absolute Gasteiger partial charge is 0.480 e. The summed E-state index contributed by atoms with van der Waals surface area (Å²) in [7, 11) is 0. The zero-order valence-corrected chi connectivity index (χ0v) is 17.0. The van der Waals surface area contributed by atoms with E-state index in [1.807, 2.05) is 12.1 Å². The molecule has 2 aromatic carbocycles. The van der Waals surface area contributed by atoms with E-state index in [-0.39, 0.29) is 13.0 Å². The standard InChI is InChI=1S/C22H22N4O6/c27-12-19(26-22(31)32-13-14-6-2-1-3-7-14)20(28)25-18(21(29)30)10-15-11-23-16-8-4-5-9-17(16)24-15/h1-9,11,18-19,27H,10,12-13H2,(H,25,28)(H,26,31)(H,29,30)/t18-,19-/m0/s1. The van der Waals surface area contributed by atoms with E-state index < -0.39 is 36.7 Å². The minimum atomic E-state index is -1.39. The lowest BCUT2D eigenvalue weighted by atomic mass is 10.1. The number of nitrogens with zero attached hydrogens (tertiary/aromatic N) is 2. The van der Waals surface area contributed by atoms with Crippen LogP contribution in [0.5, 0.6) is 0 Å². The summed E-state index contributed by atoms with van der Waals surface area (Å²) in [6.45, 7) is -0.765. The molecule has 0 saturated carbocycles. The fourth-order valence-electron chi connectivity index (χ4n) is 2.88. The molecule has 0 aliphatic rings. The molecule has 4 N–H and O–H groups in total. The third-order valence-electron chi connectivity index (χ3n) is 4.53. The SMILES string of the molecule is O=C(N[C@@H](CO)C(=O)N[C@@H](Cc1cnc2ccccc2n1)C(=O)O)OCc1ccccc1. The molecule has 2 atom stereocenters. The van der Waals surface area contributed by atoms with Crippen LogP contribution < -0.4 is 10.6 Å². The Morgan fingerprint density at radius 1 is 0.938 bits per heavy atom. The first-order valence-electron chi connectivity index (χ1n) is 9.78. The Morgan fingerprint density at radius 3 is 2.31 bits per heavy atom. The first kappa shape index (κ1) is 22.6. The van der Waals surface area contributed by atoms with E-state index in [2.05, 4.69) is 20.6 Å². The van der Waals surface area contributed by atoms with Crippen LogP contribution in [0.25, 0.3) is 11.0 Å². The van der Waals surface area contributed by atoms with E-state index in [0.29, 0.717) is 16.7 Å². The van der Waals surface area contributed by atoms with Crippen LogP contribution in [0.3, 0.4) is 0 Å². The van der Waals surface area contributed by atoms with Crippen molar-refractivity contribution in [1.29, 1.82) is 0 Å². The zero-order chi connectivity index (χ0) is 22.9. The smallest absolute Gasteiger partial charge is 0.408 e. The molecular formula is C22H22N4O6. The quantitative estimate of drug-likeness (QED) is 0.387. The van der Waals surface area contributed by atoms with Crippen LogP contribution in [0.2, 0.25) is 0 Å².